The van der Waals surface area contributed by atoms with Crippen LogP contribution in [0.5, 0.6) is 0 Å². The highest BCUT2D eigenvalue weighted by Gasteiger charge is 2.33. The van der Waals surface area contributed by atoms with Gasteiger partial charge in [0.2, 0.25) is 0 Å². The van der Waals surface area contributed by atoms with Crippen LogP contribution in [-0.2, 0) is 6.54 Å². The molecular weight excluding hydrogens is 248 g/mol. The molecule has 2 rings (SSSR count). The Bertz CT molecular complexity index is 452. The van der Waals surface area contributed by atoms with Crippen molar-refractivity contribution in [2.24, 2.45) is 11.7 Å². The van der Waals surface area contributed by atoms with E-state index < -0.39 is 0 Å². The van der Waals surface area contributed by atoms with E-state index in [1.165, 1.54) is 36.2 Å². The van der Waals surface area contributed by atoms with Gasteiger partial charge < -0.3 is 5.73 Å². The third-order valence-corrected chi connectivity index (χ3v) is 5.21. The smallest absolute Gasteiger partial charge is 0.0644 e. The van der Waals surface area contributed by atoms with Gasteiger partial charge in [0.05, 0.1) is 5.69 Å². The van der Waals surface area contributed by atoms with E-state index in [4.69, 9.17) is 5.73 Å². The second-order valence-corrected chi connectivity index (χ2v) is 6.24. The normalized spacial score (nSPS) is 24.6. The Morgan fingerprint density at radius 2 is 2.10 bits per heavy atom. The summed E-state index contributed by atoms with van der Waals surface area (Å²) in [7, 11) is 2.26. The van der Waals surface area contributed by atoms with Crippen molar-refractivity contribution in [1.82, 2.24) is 14.7 Å². The van der Waals surface area contributed by atoms with Crippen molar-refractivity contribution >= 4 is 0 Å². The molecule has 0 aromatic carbocycles. The highest BCUT2D eigenvalue weighted by molar-refractivity contribution is 5.28. The lowest BCUT2D eigenvalue weighted by Crippen LogP contribution is -2.39. The van der Waals surface area contributed by atoms with Crippen molar-refractivity contribution in [1.29, 1.82) is 0 Å². The number of aromatic nitrogens is 2. The lowest BCUT2D eigenvalue weighted by Gasteiger charge is -2.34. The van der Waals surface area contributed by atoms with E-state index in [9.17, 15) is 0 Å². The maximum absolute atomic E-state index is 5.94. The molecule has 0 saturated heterocycles. The van der Waals surface area contributed by atoms with Crippen LogP contribution in [0.15, 0.2) is 0 Å². The van der Waals surface area contributed by atoms with E-state index in [2.05, 4.69) is 49.4 Å². The lowest BCUT2D eigenvalue weighted by atomic mass is 9.98. The van der Waals surface area contributed by atoms with Gasteiger partial charge in [-0.2, -0.15) is 5.10 Å². The predicted molar refractivity (Wildman–Crippen MR) is 83.7 cm³/mol. The molecule has 3 atom stereocenters. The second-order valence-electron chi connectivity index (χ2n) is 6.24. The third kappa shape index (κ3) is 2.63. The molecule has 114 valence electrons. The fourth-order valence-electron chi connectivity index (χ4n) is 3.94. The monoisotopic (exact) mass is 278 g/mol. The maximum Gasteiger partial charge on any atom is 0.0644 e. The largest absolute Gasteiger partial charge is 0.330 e. The van der Waals surface area contributed by atoms with Gasteiger partial charge in [-0.15, -0.1) is 0 Å². The summed E-state index contributed by atoms with van der Waals surface area (Å²) < 4.78 is 2.12. The fraction of sp³-hybridized carbons (Fsp3) is 0.812. The van der Waals surface area contributed by atoms with Crippen LogP contribution in [0.25, 0.3) is 0 Å². The molecular formula is C16H30N4. The zero-order valence-electron chi connectivity index (χ0n) is 13.7. The molecule has 1 saturated carbocycles. The van der Waals surface area contributed by atoms with E-state index in [1.807, 2.05) is 0 Å². The molecule has 0 aliphatic heterocycles. The van der Waals surface area contributed by atoms with Crippen molar-refractivity contribution in [3.05, 3.63) is 17.0 Å². The minimum Gasteiger partial charge on any atom is -0.330 e. The van der Waals surface area contributed by atoms with Crippen LogP contribution in [0.4, 0.5) is 0 Å². The quantitative estimate of drug-likeness (QED) is 0.900. The lowest BCUT2D eigenvalue weighted by molar-refractivity contribution is 0.151. The first kappa shape index (κ1) is 15.5. The summed E-state index contributed by atoms with van der Waals surface area (Å²) in [4.78, 5) is 2.53. The predicted octanol–water partition coefficient (Wildman–Crippen LogP) is 2.64. The molecule has 20 heavy (non-hydrogen) atoms. The Labute approximate surface area is 123 Å². The summed E-state index contributed by atoms with van der Waals surface area (Å²) in [6, 6.07) is 1.03. The van der Waals surface area contributed by atoms with Crippen molar-refractivity contribution in [3.63, 3.8) is 0 Å². The van der Waals surface area contributed by atoms with Crippen LogP contribution in [0.2, 0.25) is 0 Å². The molecule has 0 amide bonds. The van der Waals surface area contributed by atoms with Gasteiger partial charge in [-0.3, -0.25) is 9.58 Å². The number of rotatable bonds is 5. The molecule has 1 aliphatic rings. The first-order valence-corrected chi connectivity index (χ1v) is 7.97. The Hall–Kier alpha value is -0.870. The average Bonchev–Trinajstić information content (AvgIpc) is 3.01. The minimum atomic E-state index is 0.410. The van der Waals surface area contributed by atoms with Gasteiger partial charge in [-0.05, 0) is 60.0 Å². The fourth-order valence-corrected chi connectivity index (χ4v) is 3.94. The Morgan fingerprint density at radius 3 is 2.65 bits per heavy atom. The van der Waals surface area contributed by atoms with Gasteiger partial charge in [0.25, 0.3) is 0 Å². The number of aryl methyl sites for hydroxylation is 2. The van der Waals surface area contributed by atoms with Gasteiger partial charge in [-0.1, -0.05) is 6.42 Å². The SMILES string of the molecule is CCn1nc(C)c(C(C)N(C)C2CCCC2CN)c1C. The van der Waals surface area contributed by atoms with Crippen molar-refractivity contribution in [2.75, 3.05) is 13.6 Å². The van der Waals surface area contributed by atoms with Crippen LogP contribution >= 0.6 is 0 Å². The number of nitrogens with zero attached hydrogens (tertiary/aromatic N) is 3. The molecule has 1 aromatic rings. The number of hydrogen-bond acceptors (Lipinski definition) is 3. The first-order valence-electron chi connectivity index (χ1n) is 7.97. The van der Waals surface area contributed by atoms with E-state index in [0.29, 0.717) is 18.0 Å². The Balaban J connectivity index is 2.22. The van der Waals surface area contributed by atoms with E-state index >= 15 is 0 Å². The summed E-state index contributed by atoms with van der Waals surface area (Å²) >= 11 is 0. The molecule has 0 bridgehead atoms. The van der Waals surface area contributed by atoms with Gasteiger partial charge >= 0.3 is 0 Å². The summed E-state index contributed by atoms with van der Waals surface area (Å²) in [6.07, 6.45) is 3.88. The summed E-state index contributed by atoms with van der Waals surface area (Å²) in [5.74, 6) is 0.657. The summed E-state index contributed by atoms with van der Waals surface area (Å²) in [6.45, 7) is 10.5. The minimum absolute atomic E-state index is 0.410. The molecule has 0 spiro atoms. The molecule has 0 radical (unpaired) electrons. The molecule has 4 nitrogen and oxygen atoms in total. The Morgan fingerprint density at radius 1 is 1.40 bits per heavy atom. The number of hydrogen-bond donors (Lipinski definition) is 1. The molecule has 3 unspecified atom stereocenters. The number of nitrogens with two attached hydrogens (primary N) is 1. The van der Waals surface area contributed by atoms with E-state index in [1.54, 1.807) is 0 Å². The molecule has 2 N–H and O–H groups in total. The topological polar surface area (TPSA) is 47.1 Å². The highest BCUT2D eigenvalue weighted by Crippen LogP contribution is 2.35. The molecule has 4 heteroatoms. The van der Waals surface area contributed by atoms with Gasteiger partial charge in [0.1, 0.15) is 0 Å². The summed E-state index contributed by atoms with van der Waals surface area (Å²) in [5.41, 5.74) is 9.83. The molecule has 1 aromatic heterocycles. The zero-order chi connectivity index (χ0) is 14.9. The van der Waals surface area contributed by atoms with Crippen molar-refractivity contribution < 1.29 is 0 Å². The third-order valence-electron chi connectivity index (χ3n) is 5.21. The van der Waals surface area contributed by atoms with E-state index in [0.717, 1.165) is 13.1 Å². The van der Waals surface area contributed by atoms with Crippen LogP contribution in [0.3, 0.4) is 0 Å². The molecule has 1 aliphatic carbocycles. The Kier molecular flexibility index (Phi) is 4.86. The highest BCUT2D eigenvalue weighted by atomic mass is 15.3. The summed E-state index contributed by atoms with van der Waals surface area (Å²) in [5, 5.41) is 4.66. The van der Waals surface area contributed by atoms with Crippen LogP contribution in [0, 0.1) is 19.8 Å². The zero-order valence-corrected chi connectivity index (χ0v) is 13.7. The van der Waals surface area contributed by atoms with E-state index in [-0.39, 0.29) is 0 Å². The van der Waals surface area contributed by atoms with Crippen LogP contribution < -0.4 is 5.73 Å². The molecule has 1 heterocycles. The van der Waals surface area contributed by atoms with Crippen LogP contribution in [0.1, 0.15) is 56.1 Å². The van der Waals surface area contributed by atoms with Crippen LogP contribution in [-0.4, -0.2) is 34.3 Å². The maximum atomic E-state index is 5.94. The standard InChI is InChI=1S/C16H30N4/c1-6-20-13(4)16(11(2)18-20)12(3)19(5)15-9-7-8-14(15)10-17/h12,14-15H,6-10,17H2,1-5H3. The van der Waals surface area contributed by atoms with Crippen molar-refractivity contribution in [2.45, 2.75) is 65.6 Å². The molecule has 1 fully saturated rings. The average molecular weight is 278 g/mol. The van der Waals surface area contributed by atoms with Crippen molar-refractivity contribution in [3.8, 4) is 0 Å². The second kappa shape index (κ2) is 6.27. The van der Waals surface area contributed by atoms with Gasteiger partial charge in [0, 0.05) is 29.9 Å². The van der Waals surface area contributed by atoms with Gasteiger partial charge in [0.15, 0.2) is 0 Å². The van der Waals surface area contributed by atoms with Gasteiger partial charge in [-0.25, -0.2) is 0 Å². The first-order chi connectivity index (χ1) is 9.51.